The fraction of sp³-hybridized carbons (Fsp3) is 0.0556. The second kappa shape index (κ2) is 8.61. The smallest absolute Gasteiger partial charge is 0.275 e. The van der Waals surface area contributed by atoms with Crippen LogP contribution in [0.5, 0.6) is 0 Å². The maximum atomic E-state index is 12.1. The molecule has 1 aromatic carbocycles. The van der Waals surface area contributed by atoms with Crippen LogP contribution in [0.4, 0.5) is 0 Å². The summed E-state index contributed by atoms with van der Waals surface area (Å²) >= 11 is 7.09. The molecule has 0 aliphatic carbocycles. The van der Waals surface area contributed by atoms with E-state index in [-0.39, 0.29) is 11.3 Å². The lowest BCUT2D eigenvalue weighted by Gasteiger charge is -2.07. The predicted molar refractivity (Wildman–Crippen MR) is 103 cm³/mol. The zero-order valence-corrected chi connectivity index (χ0v) is 15.4. The lowest BCUT2D eigenvalue weighted by Crippen LogP contribution is -2.44. The Bertz CT molecular complexity index is 1000. The average Bonchev–Trinajstić information content (AvgIpc) is 3.20. The molecule has 2 amide bonds. The van der Waals surface area contributed by atoms with E-state index in [4.69, 9.17) is 16.0 Å². The molecule has 0 saturated carbocycles. The van der Waals surface area contributed by atoms with Crippen LogP contribution >= 0.6 is 23.4 Å². The van der Waals surface area contributed by atoms with Crippen molar-refractivity contribution in [2.24, 2.45) is 0 Å². The first-order valence-corrected chi connectivity index (χ1v) is 9.14. The normalized spacial score (nSPS) is 10.4. The summed E-state index contributed by atoms with van der Waals surface area (Å²) in [6.45, 7) is 0. The third-order valence-electron chi connectivity index (χ3n) is 3.44. The number of thioether (sulfide) groups is 1. The van der Waals surface area contributed by atoms with Crippen molar-refractivity contribution in [1.82, 2.24) is 15.8 Å². The predicted octanol–water partition coefficient (Wildman–Crippen LogP) is 2.84. The van der Waals surface area contributed by atoms with Gasteiger partial charge in [0.25, 0.3) is 11.5 Å². The number of rotatable bonds is 5. The molecule has 3 aromatic rings. The Labute approximate surface area is 163 Å². The minimum atomic E-state index is -0.716. The number of aromatic nitrogens is 1. The van der Waals surface area contributed by atoms with Crippen molar-refractivity contribution < 1.29 is 14.0 Å². The molecule has 0 bridgehead atoms. The van der Waals surface area contributed by atoms with E-state index in [2.05, 4.69) is 15.8 Å². The molecule has 0 aliphatic heterocycles. The molecule has 2 heterocycles. The van der Waals surface area contributed by atoms with E-state index in [1.165, 1.54) is 24.1 Å². The van der Waals surface area contributed by atoms with Gasteiger partial charge in [0.15, 0.2) is 0 Å². The lowest BCUT2D eigenvalue weighted by molar-refractivity contribution is -0.119. The fourth-order valence-corrected chi connectivity index (χ4v) is 2.96. The standard InChI is InChI=1S/C18H14ClN3O4S/c19-11-3-5-12(6-4-11)27-10-16(23)21-22-18(25)13-7-8-14(20-17(13)24)15-2-1-9-26-15/h1-9H,10H2,(H,20,24)(H,21,23)(H,22,25). The molecule has 3 rings (SSSR count). The summed E-state index contributed by atoms with van der Waals surface area (Å²) in [6, 6.07) is 13.3. The topological polar surface area (TPSA) is 104 Å². The van der Waals surface area contributed by atoms with Crippen molar-refractivity contribution >= 4 is 35.2 Å². The number of hydrogen-bond acceptors (Lipinski definition) is 5. The quantitative estimate of drug-likeness (QED) is 0.449. The van der Waals surface area contributed by atoms with Gasteiger partial charge in [-0.2, -0.15) is 0 Å². The molecule has 27 heavy (non-hydrogen) atoms. The van der Waals surface area contributed by atoms with Gasteiger partial charge in [0.05, 0.1) is 17.7 Å². The Morgan fingerprint density at radius 2 is 1.85 bits per heavy atom. The van der Waals surface area contributed by atoms with Crippen LogP contribution in [0.15, 0.2) is 68.9 Å². The van der Waals surface area contributed by atoms with Gasteiger partial charge >= 0.3 is 0 Å². The molecule has 7 nitrogen and oxygen atoms in total. The van der Waals surface area contributed by atoms with Gasteiger partial charge in [-0.05, 0) is 48.5 Å². The average molecular weight is 404 g/mol. The highest BCUT2D eigenvalue weighted by atomic mass is 35.5. The molecular weight excluding hydrogens is 390 g/mol. The zero-order chi connectivity index (χ0) is 19.2. The van der Waals surface area contributed by atoms with Gasteiger partial charge < -0.3 is 9.40 Å². The number of amides is 2. The van der Waals surface area contributed by atoms with Gasteiger partial charge in [-0.1, -0.05) is 11.6 Å². The molecule has 0 saturated heterocycles. The van der Waals surface area contributed by atoms with E-state index >= 15 is 0 Å². The Kier molecular flexibility index (Phi) is 6.00. The number of H-pyrrole nitrogens is 1. The SMILES string of the molecule is O=C(CSc1ccc(Cl)cc1)NNC(=O)c1ccc(-c2ccco2)[nH]c1=O. The van der Waals surface area contributed by atoms with Crippen LogP contribution in [0.2, 0.25) is 5.02 Å². The van der Waals surface area contributed by atoms with Crippen LogP contribution in [0.25, 0.3) is 11.5 Å². The number of nitrogens with one attached hydrogen (secondary N) is 3. The van der Waals surface area contributed by atoms with E-state index in [0.717, 1.165) is 4.90 Å². The van der Waals surface area contributed by atoms with Gasteiger partial charge in [0.2, 0.25) is 5.91 Å². The molecule has 3 N–H and O–H groups in total. The third kappa shape index (κ3) is 5.02. The molecule has 0 fully saturated rings. The molecular formula is C18H14ClN3O4S. The number of hydrogen-bond donors (Lipinski definition) is 3. The van der Waals surface area contributed by atoms with Gasteiger partial charge in [-0.3, -0.25) is 25.2 Å². The van der Waals surface area contributed by atoms with Gasteiger partial charge in [-0.25, -0.2) is 0 Å². The second-order valence-electron chi connectivity index (χ2n) is 5.34. The van der Waals surface area contributed by atoms with Gasteiger partial charge in [0.1, 0.15) is 11.3 Å². The third-order valence-corrected chi connectivity index (χ3v) is 4.70. The molecule has 0 unspecified atom stereocenters. The summed E-state index contributed by atoms with van der Waals surface area (Å²) in [7, 11) is 0. The summed E-state index contributed by atoms with van der Waals surface area (Å²) in [4.78, 5) is 39.4. The molecule has 0 spiro atoms. The summed E-state index contributed by atoms with van der Waals surface area (Å²) in [5.41, 5.74) is 4.23. The van der Waals surface area contributed by atoms with Crippen LogP contribution in [0, 0.1) is 0 Å². The van der Waals surface area contributed by atoms with Crippen molar-refractivity contribution in [2.45, 2.75) is 4.90 Å². The fourth-order valence-electron chi connectivity index (χ4n) is 2.14. The van der Waals surface area contributed by atoms with E-state index in [0.29, 0.717) is 16.5 Å². The highest BCUT2D eigenvalue weighted by molar-refractivity contribution is 8.00. The largest absolute Gasteiger partial charge is 0.463 e. The van der Waals surface area contributed by atoms with Crippen molar-refractivity contribution in [3.05, 3.63) is 75.7 Å². The Balaban J connectivity index is 1.53. The number of hydrazine groups is 1. The van der Waals surface area contributed by atoms with Crippen molar-refractivity contribution in [3.8, 4) is 11.5 Å². The number of furan rings is 1. The Morgan fingerprint density at radius 3 is 2.52 bits per heavy atom. The Morgan fingerprint density at radius 1 is 1.07 bits per heavy atom. The molecule has 138 valence electrons. The summed E-state index contributed by atoms with van der Waals surface area (Å²) < 4.78 is 5.19. The van der Waals surface area contributed by atoms with E-state index < -0.39 is 17.4 Å². The minimum Gasteiger partial charge on any atom is -0.463 e. The first-order chi connectivity index (χ1) is 13.0. The van der Waals surface area contributed by atoms with Crippen LogP contribution in [0.1, 0.15) is 10.4 Å². The van der Waals surface area contributed by atoms with E-state index in [1.54, 1.807) is 42.5 Å². The molecule has 2 aromatic heterocycles. The van der Waals surface area contributed by atoms with Crippen LogP contribution in [0.3, 0.4) is 0 Å². The van der Waals surface area contributed by atoms with Gasteiger partial charge in [-0.15, -0.1) is 11.8 Å². The summed E-state index contributed by atoms with van der Waals surface area (Å²) in [6.07, 6.45) is 1.48. The number of carbonyl (C=O) groups is 2. The number of carbonyl (C=O) groups excluding carboxylic acids is 2. The van der Waals surface area contributed by atoms with E-state index in [1.807, 2.05) is 0 Å². The first-order valence-electron chi connectivity index (χ1n) is 7.77. The lowest BCUT2D eigenvalue weighted by atomic mass is 10.2. The number of aromatic amines is 1. The van der Waals surface area contributed by atoms with E-state index in [9.17, 15) is 14.4 Å². The highest BCUT2D eigenvalue weighted by Crippen LogP contribution is 2.19. The second-order valence-corrected chi connectivity index (χ2v) is 6.82. The first kappa shape index (κ1) is 18.8. The Hall–Kier alpha value is -2.97. The highest BCUT2D eigenvalue weighted by Gasteiger charge is 2.13. The summed E-state index contributed by atoms with van der Waals surface area (Å²) in [5.74, 6) is -0.555. The molecule has 9 heteroatoms. The monoisotopic (exact) mass is 403 g/mol. The van der Waals surface area contributed by atoms with Crippen LogP contribution < -0.4 is 16.4 Å². The molecule has 0 radical (unpaired) electrons. The zero-order valence-electron chi connectivity index (χ0n) is 13.8. The number of halogens is 1. The minimum absolute atomic E-state index is 0.0930. The van der Waals surface area contributed by atoms with Crippen LogP contribution in [-0.2, 0) is 4.79 Å². The number of pyridine rings is 1. The summed E-state index contributed by atoms with van der Waals surface area (Å²) in [5, 5.41) is 0.611. The van der Waals surface area contributed by atoms with Gasteiger partial charge in [0, 0.05) is 9.92 Å². The maximum absolute atomic E-state index is 12.1. The maximum Gasteiger partial charge on any atom is 0.275 e. The molecule has 0 atom stereocenters. The molecule has 0 aliphatic rings. The van der Waals surface area contributed by atoms with Crippen molar-refractivity contribution in [2.75, 3.05) is 5.75 Å². The number of benzene rings is 1. The van der Waals surface area contributed by atoms with Crippen molar-refractivity contribution in [1.29, 1.82) is 0 Å². The van der Waals surface area contributed by atoms with Crippen molar-refractivity contribution in [3.63, 3.8) is 0 Å². The van der Waals surface area contributed by atoms with Crippen LogP contribution in [-0.4, -0.2) is 22.6 Å².